The molecule has 0 radical (unpaired) electrons. The van der Waals surface area contributed by atoms with Gasteiger partial charge in [-0.25, -0.2) is 18.1 Å². The second-order valence-corrected chi connectivity index (χ2v) is 7.73. The maximum Gasteiger partial charge on any atom is 0.237 e. The molecule has 0 aromatic carbocycles. The van der Waals surface area contributed by atoms with Crippen LogP contribution in [0.4, 0.5) is 0 Å². The number of carbonyl (C=O) groups excluding carboxylic acids is 1. The Labute approximate surface area is 135 Å². The fourth-order valence-corrected chi connectivity index (χ4v) is 3.00. The van der Waals surface area contributed by atoms with Crippen molar-refractivity contribution in [2.75, 3.05) is 26.0 Å². The molecule has 126 valence electrons. The van der Waals surface area contributed by atoms with E-state index in [1.165, 1.54) is 23.2 Å². The average molecular weight is 349 g/mol. The van der Waals surface area contributed by atoms with Crippen molar-refractivity contribution >= 4 is 27.3 Å². The second kappa shape index (κ2) is 8.56. The fraction of sp³-hybridized carbons (Fsp3) is 0.692. The van der Waals surface area contributed by atoms with Gasteiger partial charge < -0.3 is 9.64 Å². The predicted octanol–water partition coefficient (Wildman–Crippen LogP) is 1.14. The summed E-state index contributed by atoms with van der Waals surface area (Å²) in [7, 11) is -1.74. The molecule has 1 aromatic heterocycles. The first-order valence-electron chi connectivity index (χ1n) is 7.06. The minimum Gasteiger partial charge on any atom is -0.372 e. The van der Waals surface area contributed by atoms with E-state index >= 15 is 0 Å². The summed E-state index contributed by atoms with van der Waals surface area (Å²) >= 11 is 1.49. The molecule has 0 aliphatic heterocycles. The lowest BCUT2D eigenvalue weighted by Crippen LogP contribution is -2.38. The first-order chi connectivity index (χ1) is 10.3. The minimum absolute atomic E-state index is 0.0469. The van der Waals surface area contributed by atoms with Crippen LogP contribution in [0.15, 0.2) is 5.38 Å². The quantitative estimate of drug-likeness (QED) is 0.722. The summed E-state index contributed by atoms with van der Waals surface area (Å²) in [5, 5.41) is 2.74. The number of likely N-dealkylation sites (N-methyl/N-ethyl adjacent to an activating group) is 1. The number of sulfonamides is 1. The summed E-state index contributed by atoms with van der Waals surface area (Å²) in [5.41, 5.74) is 0.765. The smallest absolute Gasteiger partial charge is 0.237 e. The van der Waals surface area contributed by atoms with Crippen LogP contribution in [0.1, 0.15) is 37.6 Å². The Morgan fingerprint density at radius 3 is 2.77 bits per heavy atom. The lowest BCUT2D eigenvalue weighted by atomic mass is 10.4. The highest BCUT2D eigenvalue weighted by Crippen LogP contribution is 2.21. The molecule has 7 nitrogen and oxygen atoms in total. The molecule has 0 saturated carbocycles. The van der Waals surface area contributed by atoms with Gasteiger partial charge in [-0.1, -0.05) is 0 Å². The number of rotatable bonds is 9. The molecular formula is C13H23N3O4S2. The van der Waals surface area contributed by atoms with Gasteiger partial charge in [0, 0.05) is 19.0 Å². The lowest BCUT2D eigenvalue weighted by molar-refractivity contribution is -0.129. The Bertz CT molecular complexity index is 586. The molecule has 1 amide bonds. The van der Waals surface area contributed by atoms with E-state index in [4.69, 9.17) is 4.74 Å². The molecule has 1 heterocycles. The molecule has 0 saturated heterocycles. The van der Waals surface area contributed by atoms with Gasteiger partial charge >= 0.3 is 0 Å². The van der Waals surface area contributed by atoms with Crippen LogP contribution >= 0.6 is 11.3 Å². The highest BCUT2D eigenvalue weighted by Gasteiger charge is 2.16. The molecule has 0 bridgehead atoms. The maximum atomic E-state index is 11.9. The highest BCUT2D eigenvalue weighted by molar-refractivity contribution is 7.89. The lowest BCUT2D eigenvalue weighted by Gasteiger charge is -2.16. The van der Waals surface area contributed by atoms with Gasteiger partial charge in [-0.05, 0) is 20.8 Å². The molecule has 1 aromatic rings. The molecule has 0 aliphatic rings. The number of ether oxygens (including phenoxy) is 1. The Morgan fingerprint density at radius 2 is 2.18 bits per heavy atom. The van der Waals surface area contributed by atoms with Crippen molar-refractivity contribution in [1.29, 1.82) is 0 Å². The van der Waals surface area contributed by atoms with Crippen LogP contribution in [-0.2, 0) is 26.1 Å². The number of hydrogen-bond donors (Lipinski definition) is 1. The summed E-state index contributed by atoms with van der Waals surface area (Å²) in [6.45, 7) is 6.09. The third kappa shape index (κ3) is 5.99. The van der Waals surface area contributed by atoms with Gasteiger partial charge in [0.25, 0.3) is 0 Å². The van der Waals surface area contributed by atoms with Gasteiger partial charge in [-0.15, -0.1) is 11.3 Å². The van der Waals surface area contributed by atoms with Gasteiger partial charge in [0.05, 0.1) is 24.5 Å². The van der Waals surface area contributed by atoms with Crippen molar-refractivity contribution < 1.29 is 17.9 Å². The summed E-state index contributed by atoms with van der Waals surface area (Å²) < 4.78 is 30.4. The standard InChI is InChI=1S/C13H23N3O4S2/c1-5-20-10(3)13-15-11(9-21-13)8-16(4)12(17)7-14-22(18,19)6-2/h9-10,14H,5-8H2,1-4H3. The molecule has 1 unspecified atom stereocenters. The molecule has 1 rings (SSSR count). The van der Waals surface area contributed by atoms with E-state index < -0.39 is 10.0 Å². The normalized spacial score (nSPS) is 13.1. The number of nitrogens with zero attached hydrogens (tertiary/aromatic N) is 2. The molecule has 1 atom stereocenters. The Kier molecular flexibility index (Phi) is 7.40. The SMILES string of the molecule is CCOC(C)c1nc(CN(C)C(=O)CNS(=O)(=O)CC)cs1. The number of carbonyl (C=O) groups is 1. The first kappa shape index (κ1) is 19.0. The topological polar surface area (TPSA) is 88.6 Å². The minimum atomic E-state index is -3.36. The van der Waals surface area contributed by atoms with E-state index in [2.05, 4.69) is 9.71 Å². The zero-order chi connectivity index (χ0) is 16.8. The summed E-state index contributed by atoms with van der Waals surface area (Å²) in [6, 6.07) is 0. The number of aromatic nitrogens is 1. The van der Waals surface area contributed by atoms with Gasteiger partial charge in [0.15, 0.2) is 0 Å². The van der Waals surface area contributed by atoms with Crippen molar-refractivity contribution in [2.24, 2.45) is 0 Å². The molecular weight excluding hydrogens is 326 g/mol. The van der Waals surface area contributed by atoms with E-state index in [1.54, 1.807) is 7.05 Å². The van der Waals surface area contributed by atoms with Crippen LogP contribution < -0.4 is 4.72 Å². The number of amides is 1. The van der Waals surface area contributed by atoms with E-state index in [-0.39, 0.29) is 24.3 Å². The van der Waals surface area contributed by atoms with Crippen molar-refractivity contribution in [2.45, 2.75) is 33.4 Å². The summed E-state index contributed by atoms with van der Waals surface area (Å²) in [5.74, 6) is -0.348. The fourth-order valence-electron chi connectivity index (χ4n) is 1.64. The largest absolute Gasteiger partial charge is 0.372 e. The van der Waals surface area contributed by atoms with Gasteiger partial charge in [-0.3, -0.25) is 4.79 Å². The third-order valence-corrected chi connectivity index (χ3v) is 5.38. The molecule has 1 N–H and O–H groups in total. The third-order valence-electron chi connectivity index (χ3n) is 2.98. The summed E-state index contributed by atoms with van der Waals surface area (Å²) in [6.07, 6.45) is -0.0684. The molecule has 0 fully saturated rings. The van der Waals surface area contributed by atoms with Crippen molar-refractivity contribution in [3.8, 4) is 0 Å². The molecule has 9 heteroatoms. The Morgan fingerprint density at radius 1 is 1.50 bits per heavy atom. The van der Waals surface area contributed by atoms with E-state index in [1.807, 2.05) is 19.2 Å². The van der Waals surface area contributed by atoms with Gasteiger partial charge in [0.2, 0.25) is 15.9 Å². The van der Waals surface area contributed by atoms with Gasteiger partial charge in [-0.2, -0.15) is 0 Å². The Balaban J connectivity index is 2.54. The monoisotopic (exact) mass is 349 g/mol. The van der Waals surface area contributed by atoms with Crippen molar-refractivity contribution in [1.82, 2.24) is 14.6 Å². The van der Waals surface area contributed by atoms with Crippen LogP contribution in [0, 0.1) is 0 Å². The zero-order valence-corrected chi connectivity index (χ0v) is 15.0. The molecule has 22 heavy (non-hydrogen) atoms. The number of hydrogen-bond acceptors (Lipinski definition) is 6. The highest BCUT2D eigenvalue weighted by atomic mass is 32.2. The van der Waals surface area contributed by atoms with Crippen molar-refractivity contribution in [3.63, 3.8) is 0 Å². The molecule has 0 spiro atoms. The van der Waals surface area contributed by atoms with E-state index in [0.29, 0.717) is 13.2 Å². The first-order valence-corrected chi connectivity index (χ1v) is 9.59. The van der Waals surface area contributed by atoms with Crippen LogP contribution in [0.3, 0.4) is 0 Å². The number of nitrogens with one attached hydrogen (secondary N) is 1. The zero-order valence-electron chi connectivity index (χ0n) is 13.3. The summed E-state index contributed by atoms with van der Waals surface area (Å²) in [4.78, 5) is 17.8. The number of thiazole rings is 1. The second-order valence-electron chi connectivity index (χ2n) is 4.75. The van der Waals surface area contributed by atoms with E-state index in [0.717, 1.165) is 10.7 Å². The predicted molar refractivity (Wildman–Crippen MR) is 86.1 cm³/mol. The van der Waals surface area contributed by atoms with Crippen LogP contribution in [0.2, 0.25) is 0 Å². The van der Waals surface area contributed by atoms with E-state index in [9.17, 15) is 13.2 Å². The Hall–Kier alpha value is -1.03. The molecule has 0 aliphatic carbocycles. The van der Waals surface area contributed by atoms with Crippen LogP contribution in [0.25, 0.3) is 0 Å². The van der Waals surface area contributed by atoms with Crippen LogP contribution in [-0.4, -0.2) is 50.2 Å². The van der Waals surface area contributed by atoms with Crippen LogP contribution in [0.5, 0.6) is 0 Å². The van der Waals surface area contributed by atoms with Gasteiger partial charge in [0.1, 0.15) is 11.1 Å². The maximum absolute atomic E-state index is 11.9. The average Bonchev–Trinajstić information content (AvgIpc) is 2.93. The van der Waals surface area contributed by atoms with Crippen molar-refractivity contribution in [3.05, 3.63) is 16.1 Å².